The molecule has 0 unspecified atom stereocenters. The highest BCUT2D eigenvalue weighted by Crippen LogP contribution is 2.42. The second-order valence-corrected chi connectivity index (χ2v) is 6.35. The summed E-state index contributed by atoms with van der Waals surface area (Å²) in [6, 6.07) is 0. The maximum atomic E-state index is 12.6. The maximum absolute atomic E-state index is 12.6. The molecule has 1 saturated heterocycles. The van der Waals surface area contributed by atoms with Gasteiger partial charge in [-0.05, 0) is 51.7 Å². The zero-order chi connectivity index (χ0) is 14.8. The predicted octanol–water partition coefficient (Wildman–Crippen LogP) is 0.703. The lowest BCUT2D eigenvalue weighted by Gasteiger charge is -2.42. The second-order valence-electron chi connectivity index (χ2n) is 6.35. The summed E-state index contributed by atoms with van der Waals surface area (Å²) in [5, 5.41) is 12.0. The van der Waals surface area contributed by atoms with Crippen molar-refractivity contribution in [3.05, 3.63) is 0 Å². The van der Waals surface area contributed by atoms with Gasteiger partial charge in [0.2, 0.25) is 5.91 Å². The van der Waals surface area contributed by atoms with Gasteiger partial charge in [-0.15, -0.1) is 0 Å². The van der Waals surface area contributed by atoms with Gasteiger partial charge in [-0.3, -0.25) is 4.79 Å². The van der Waals surface area contributed by atoms with Crippen molar-refractivity contribution in [1.29, 1.82) is 0 Å². The number of amidine groups is 1. The summed E-state index contributed by atoms with van der Waals surface area (Å²) in [5.41, 5.74) is 5.01. The highest BCUT2D eigenvalue weighted by atomic mass is 16.4. The van der Waals surface area contributed by atoms with Crippen LogP contribution in [-0.2, 0) is 4.79 Å². The fraction of sp³-hybridized carbons (Fsp3) is 0.857. The Morgan fingerprint density at radius 3 is 2.50 bits per heavy atom. The van der Waals surface area contributed by atoms with Crippen molar-refractivity contribution in [2.75, 3.05) is 33.7 Å². The van der Waals surface area contributed by atoms with Crippen LogP contribution in [0.15, 0.2) is 5.16 Å². The molecule has 0 radical (unpaired) electrons. The van der Waals surface area contributed by atoms with Crippen molar-refractivity contribution < 1.29 is 10.0 Å². The van der Waals surface area contributed by atoms with Gasteiger partial charge in [0.25, 0.3) is 0 Å². The summed E-state index contributed by atoms with van der Waals surface area (Å²) in [6.07, 6.45) is 4.61. The molecule has 2 fully saturated rings. The topological polar surface area (TPSA) is 82.2 Å². The van der Waals surface area contributed by atoms with Gasteiger partial charge < -0.3 is 20.7 Å². The smallest absolute Gasteiger partial charge is 0.236 e. The van der Waals surface area contributed by atoms with Crippen molar-refractivity contribution in [3.8, 4) is 0 Å². The number of piperidine rings is 1. The van der Waals surface area contributed by atoms with Crippen molar-refractivity contribution in [1.82, 2.24) is 9.80 Å². The molecule has 114 valence electrons. The predicted molar refractivity (Wildman–Crippen MR) is 77.6 cm³/mol. The zero-order valence-electron chi connectivity index (χ0n) is 12.5. The van der Waals surface area contributed by atoms with E-state index in [9.17, 15) is 4.79 Å². The van der Waals surface area contributed by atoms with Crippen LogP contribution in [0.4, 0.5) is 0 Å². The molecule has 1 heterocycles. The van der Waals surface area contributed by atoms with Crippen molar-refractivity contribution in [2.45, 2.75) is 32.1 Å². The normalized spacial score (nSPS) is 24.2. The number of nitrogens with two attached hydrogens (primary N) is 1. The average molecular weight is 282 g/mol. The van der Waals surface area contributed by atoms with Crippen LogP contribution in [0.5, 0.6) is 0 Å². The van der Waals surface area contributed by atoms with E-state index < -0.39 is 5.41 Å². The number of oxime groups is 1. The van der Waals surface area contributed by atoms with Gasteiger partial charge in [0.15, 0.2) is 5.84 Å². The van der Waals surface area contributed by atoms with E-state index in [-0.39, 0.29) is 11.7 Å². The quantitative estimate of drug-likeness (QED) is 0.344. The first-order valence-corrected chi connectivity index (χ1v) is 7.41. The van der Waals surface area contributed by atoms with Crippen molar-refractivity contribution >= 4 is 11.7 Å². The molecule has 1 saturated carbocycles. The Bertz CT molecular complexity index is 385. The van der Waals surface area contributed by atoms with Gasteiger partial charge in [-0.25, -0.2) is 0 Å². The van der Waals surface area contributed by atoms with Crippen molar-refractivity contribution in [2.24, 2.45) is 22.2 Å². The fourth-order valence-corrected chi connectivity index (χ4v) is 3.29. The third kappa shape index (κ3) is 2.75. The molecule has 0 aromatic rings. The standard InChI is InChI=1S/C14H26N4O2/c1-17-8-4-11(5-9-17)10-18(2)13(19)14(6-3-7-14)12(15)16-20/h11,20H,3-10H2,1-2H3,(H2,15,16). The van der Waals surface area contributed by atoms with Gasteiger partial charge in [0.05, 0.1) is 0 Å². The number of hydrogen-bond acceptors (Lipinski definition) is 4. The summed E-state index contributed by atoms with van der Waals surface area (Å²) < 4.78 is 0. The van der Waals surface area contributed by atoms with Gasteiger partial charge in [-0.2, -0.15) is 0 Å². The summed E-state index contributed by atoms with van der Waals surface area (Å²) >= 11 is 0. The van der Waals surface area contributed by atoms with E-state index in [1.165, 1.54) is 0 Å². The van der Waals surface area contributed by atoms with E-state index in [1.807, 2.05) is 7.05 Å². The molecule has 0 spiro atoms. The molecular formula is C14H26N4O2. The number of amides is 1. The molecule has 20 heavy (non-hydrogen) atoms. The number of likely N-dealkylation sites (tertiary alicyclic amines) is 1. The van der Waals surface area contributed by atoms with Gasteiger partial charge in [0, 0.05) is 13.6 Å². The highest BCUT2D eigenvalue weighted by Gasteiger charge is 2.49. The minimum absolute atomic E-state index is 0.0120. The summed E-state index contributed by atoms with van der Waals surface area (Å²) in [5.74, 6) is 0.645. The Balaban J connectivity index is 1.94. The summed E-state index contributed by atoms with van der Waals surface area (Å²) in [6.45, 7) is 2.96. The lowest BCUT2D eigenvalue weighted by atomic mass is 9.67. The molecule has 0 aromatic carbocycles. The molecule has 6 heteroatoms. The van der Waals surface area contributed by atoms with Gasteiger partial charge in [0.1, 0.15) is 5.41 Å². The molecule has 6 nitrogen and oxygen atoms in total. The number of rotatable bonds is 4. The third-order valence-corrected chi connectivity index (χ3v) is 4.93. The SMILES string of the molecule is CN1CCC(CN(C)C(=O)C2(C(N)=NO)CCC2)CC1. The Hall–Kier alpha value is -1.30. The maximum Gasteiger partial charge on any atom is 0.236 e. The zero-order valence-corrected chi connectivity index (χ0v) is 12.5. The molecule has 0 atom stereocenters. The van der Waals surface area contributed by atoms with E-state index in [0.717, 1.165) is 38.9 Å². The highest BCUT2D eigenvalue weighted by molar-refractivity contribution is 6.07. The molecule has 2 aliphatic rings. The Morgan fingerprint density at radius 1 is 1.45 bits per heavy atom. The van der Waals surface area contributed by atoms with Crippen LogP contribution in [0.25, 0.3) is 0 Å². The van der Waals surface area contributed by atoms with Crippen LogP contribution in [0.1, 0.15) is 32.1 Å². The first-order chi connectivity index (χ1) is 9.49. The minimum Gasteiger partial charge on any atom is -0.409 e. The van der Waals surface area contributed by atoms with Gasteiger partial charge >= 0.3 is 0 Å². The van der Waals surface area contributed by atoms with Gasteiger partial charge in [-0.1, -0.05) is 11.6 Å². The molecular weight excluding hydrogens is 256 g/mol. The van der Waals surface area contributed by atoms with E-state index in [2.05, 4.69) is 17.1 Å². The van der Waals surface area contributed by atoms with Crippen LogP contribution in [0, 0.1) is 11.3 Å². The molecule has 2 rings (SSSR count). The number of hydrogen-bond donors (Lipinski definition) is 2. The van der Waals surface area contributed by atoms with E-state index in [0.29, 0.717) is 18.8 Å². The van der Waals surface area contributed by atoms with Crippen LogP contribution in [-0.4, -0.2) is 60.5 Å². The summed E-state index contributed by atoms with van der Waals surface area (Å²) in [4.78, 5) is 16.7. The van der Waals surface area contributed by atoms with Crippen LogP contribution in [0.2, 0.25) is 0 Å². The molecule has 1 aliphatic carbocycles. The van der Waals surface area contributed by atoms with Crippen LogP contribution >= 0.6 is 0 Å². The van der Waals surface area contributed by atoms with E-state index in [4.69, 9.17) is 10.9 Å². The molecule has 1 aliphatic heterocycles. The Morgan fingerprint density at radius 2 is 2.05 bits per heavy atom. The second kappa shape index (κ2) is 5.99. The summed E-state index contributed by atoms with van der Waals surface area (Å²) in [7, 11) is 3.97. The first-order valence-electron chi connectivity index (χ1n) is 7.41. The largest absolute Gasteiger partial charge is 0.409 e. The van der Waals surface area contributed by atoms with Crippen molar-refractivity contribution in [3.63, 3.8) is 0 Å². The monoisotopic (exact) mass is 282 g/mol. The first kappa shape index (κ1) is 15.1. The number of carbonyl (C=O) groups excluding carboxylic acids is 1. The lowest BCUT2D eigenvalue weighted by molar-refractivity contribution is -0.141. The molecule has 1 amide bonds. The van der Waals surface area contributed by atoms with E-state index >= 15 is 0 Å². The average Bonchev–Trinajstić information content (AvgIpc) is 2.39. The Labute approximate surface area is 120 Å². The van der Waals surface area contributed by atoms with E-state index in [1.54, 1.807) is 4.90 Å². The fourth-order valence-electron chi connectivity index (χ4n) is 3.29. The molecule has 0 bridgehead atoms. The lowest BCUT2D eigenvalue weighted by Crippen LogP contribution is -2.55. The number of nitrogens with zero attached hydrogens (tertiary/aromatic N) is 3. The van der Waals surface area contributed by atoms with Crippen LogP contribution in [0.3, 0.4) is 0 Å². The Kier molecular flexibility index (Phi) is 4.52. The van der Waals surface area contributed by atoms with Crippen LogP contribution < -0.4 is 5.73 Å². The third-order valence-electron chi connectivity index (χ3n) is 4.93. The minimum atomic E-state index is -0.741. The molecule has 0 aromatic heterocycles. The molecule has 3 N–H and O–H groups in total. The number of carbonyl (C=O) groups is 1.